The molecule has 43 heavy (non-hydrogen) atoms. The van der Waals surface area contributed by atoms with Crippen LogP contribution in [0.15, 0.2) is 0 Å². The fourth-order valence-corrected chi connectivity index (χ4v) is 5.88. The first kappa shape index (κ1) is 48.5. The minimum atomic E-state index is -0.948. The number of aliphatic carboxylic acids is 2. The van der Waals surface area contributed by atoms with E-state index in [0.717, 1.165) is 38.5 Å². The van der Waals surface area contributed by atoms with Gasteiger partial charge in [0.15, 0.2) is 0 Å². The van der Waals surface area contributed by atoms with Gasteiger partial charge in [-0.15, -0.1) is 23.2 Å². The van der Waals surface area contributed by atoms with E-state index in [1.54, 1.807) is 0 Å². The molecule has 0 aliphatic heterocycles. The number of rotatable bonds is 32. The topological polar surface area (TPSA) is 80.3 Å². The van der Waals surface area contributed by atoms with Crippen molar-refractivity contribution in [2.24, 2.45) is 0 Å². The summed E-state index contributed by atoms with van der Waals surface area (Å²) in [6, 6.07) is 0. The van der Waals surface area contributed by atoms with Gasteiger partial charge in [-0.2, -0.15) is 0 Å². The Balaban J connectivity index is -0.000000727. The van der Waals surface area contributed by atoms with Gasteiger partial charge in [0.25, 0.3) is 0 Å². The summed E-state index contributed by atoms with van der Waals surface area (Å²) in [5, 5.41) is 21.0. The average molecular weight is 773 g/mol. The molecule has 0 rings (SSSR count). The van der Waals surface area contributed by atoms with Gasteiger partial charge in [-0.1, -0.05) is 155 Å². The Labute approximate surface area is 318 Å². The molecule has 0 amide bonds. The molecule has 2 unspecified atom stereocenters. The Hall–Kier alpha value is 1.09. The standard InChI is InChI=1S/2C18H35ClO2.Ba/c2*1-2-3-4-5-6-7-8-9-10-11-14-17(19)15-12-13-16-18(20)21;/h2*17H,2-16H2,1H3,(H,20,21);/q;;+2/p-2. The molecule has 252 valence electrons. The summed E-state index contributed by atoms with van der Waals surface area (Å²) in [4.78, 5) is 20.5. The molecule has 0 aromatic carbocycles. The van der Waals surface area contributed by atoms with E-state index >= 15 is 0 Å². The fourth-order valence-electron chi connectivity index (χ4n) is 5.27. The molecule has 0 radical (unpaired) electrons. The number of halogens is 2. The van der Waals surface area contributed by atoms with Crippen molar-refractivity contribution in [1.82, 2.24) is 0 Å². The van der Waals surface area contributed by atoms with E-state index in [2.05, 4.69) is 13.8 Å². The maximum Gasteiger partial charge on any atom is 2.00 e. The number of carbonyl (C=O) groups excluding carboxylic acids is 2. The third kappa shape index (κ3) is 47.6. The van der Waals surface area contributed by atoms with Crippen LogP contribution in [0.25, 0.3) is 0 Å². The molecule has 0 spiro atoms. The van der Waals surface area contributed by atoms with Crippen molar-refractivity contribution in [3.8, 4) is 0 Å². The minimum Gasteiger partial charge on any atom is -0.550 e. The quantitative estimate of drug-likeness (QED) is 0.0388. The summed E-state index contributed by atoms with van der Waals surface area (Å²) >= 11 is 12.5. The first-order valence-corrected chi connectivity index (χ1v) is 18.9. The molecule has 2 atom stereocenters. The molecule has 0 saturated heterocycles. The molecule has 0 aliphatic carbocycles. The Bertz CT molecular complexity index is 517. The largest absolute Gasteiger partial charge is 2.00 e. The van der Waals surface area contributed by atoms with Crippen molar-refractivity contribution in [1.29, 1.82) is 0 Å². The van der Waals surface area contributed by atoms with E-state index in [-0.39, 0.29) is 72.5 Å². The maximum absolute atomic E-state index is 10.3. The van der Waals surface area contributed by atoms with Crippen LogP contribution in [0.2, 0.25) is 0 Å². The Morgan fingerprint density at radius 2 is 0.628 bits per heavy atom. The second kappa shape index (κ2) is 41.1. The molecular formula is C36H68BaCl2O4. The zero-order valence-corrected chi connectivity index (χ0v) is 34.4. The molecule has 7 heteroatoms. The fraction of sp³-hybridized carbons (Fsp3) is 0.944. The zero-order valence-electron chi connectivity index (χ0n) is 28.5. The second-order valence-corrected chi connectivity index (χ2v) is 13.6. The van der Waals surface area contributed by atoms with Gasteiger partial charge in [-0.25, -0.2) is 0 Å². The van der Waals surface area contributed by atoms with E-state index in [4.69, 9.17) is 23.2 Å². The van der Waals surface area contributed by atoms with E-state index in [0.29, 0.717) is 12.8 Å². The van der Waals surface area contributed by atoms with Gasteiger partial charge in [0.05, 0.1) is 0 Å². The molecule has 4 nitrogen and oxygen atoms in total. The van der Waals surface area contributed by atoms with E-state index in [9.17, 15) is 19.8 Å². The van der Waals surface area contributed by atoms with E-state index in [1.165, 1.54) is 128 Å². The molecule has 0 saturated carbocycles. The van der Waals surface area contributed by atoms with Crippen LogP contribution in [0.4, 0.5) is 0 Å². The van der Waals surface area contributed by atoms with Crippen molar-refractivity contribution in [2.75, 3.05) is 0 Å². The zero-order chi connectivity index (χ0) is 31.5. The van der Waals surface area contributed by atoms with Crippen molar-refractivity contribution >= 4 is 84.0 Å². The Morgan fingerprint density at radius 3 is 0.860 bits per heavy atom. The average Bonchev–Trinajstić information content (AvgIpc) is 2.95. The van der Waals surface area contributed by atoms with Crippen LogP contribution in [-0.4, -0.2) is 71.6 Å². The first-order valence-electron chi connectivity index (χ1n) is 18.0. The van der Waals surface area contributed by atoms with Gasteiger partial charge in [0.1, 0.15) is 0 Å². The van der Waals surface area contributed by atoms with Crippen LogP contribution < -0.4 is 10.2 Å². The molecule has 0 aliphatic rings. The molecule has 0 fully saturated rings. The van der Waals surface area contributed by atoms with Crippen molar-refractivity contribution in [3.05, 3.63) is 0 Å². The SMILES string of the molecule is CCCCCCCCCCCCC(Cl)CCCCC(=O)[O-].CCCCCCCCCCCCC(Cl)CCCCC(=O)[O-].[Ba+2]. The predicted octanol–water partition coefficient (Wildman–Crippen LogP) is 10.0. The van der Waals surface area contributed by atoms with Gasteiger partial charge in [0, 0.05) is 22.7 Å². The van der Waals surface area contributed by atoms with Crippen LogP contribution in [-0.2, 0) is 9.59 Å². The van der Waals surface area contributed by atoms with Crippen molar-refractivity contribution < 1.29 is 19.8 Å². The summed E-state index contributed by atoms with van der Waals surface area (Å²) < 4.78 is 0. The Kier molecular flexibility index (Phi) is 46.4. The molecule has 0 aromatic heterocycles. The normalized spacial score (nSPS) is 12.2. The third-order valence-electron chi connectivity index (χ3n) is 8.04. The van der Waals surface area contributed by atoms with Crippen LogP contribution in [0.3, 0.4) is 0 Å². The van der Waals surface area contributed by atoms with Crippen LogP contribution in [0.1, 0.15) is 206 Å². The van der Waals surface area contributed by atoms with E-state index < -0.39 is 11.9 Å². The number of carboxylic acid groups (broad SMARTS) is 2. The number of hydrogen-bond donors (Lipinski definition) is 0. The number of hydrogen-bond acceptors (Lipinski definition) is 4. The van der Waals surface area contributed by atoms with Crippen molar-refractivity contribution in [3.63, 3.8) is 0 Å². The molecular weight excluding hydrogens is 705 g/mol. The maximum atomic E-state index is 10.3. The predicted molar refractivity (Wildman–Crippen MR) is 185 cm³/mol. The smallest absolute Gasteiger partial charge is 0.550 e. The van der Waals surface area contributed by atoms with Crippen LogP contribution in [0, 0.1) is 0 Å². The number of alkyl halides is 2. The summed E-state index contributed by atoms with van der Waals surface area (Å²) in [5.41, 5.74) is 0. The summed E-state index contributed by atoms with van der Waals surface area (Å²) in [7, 11) is 0. The summed E-state index contributed by atoms with van der Waals surface area (Å²) in [6.07, 6.45) is 34.6. The molecule has 0 bridgehead atoms. The van der Waals surface area contributed by atoms with Crippen molar-refractivity contribution in [2.45, 2.75) is 217 Å². The molecule has 0 N–H and O–H groups in total. The van der Waals surface area contributed by atoms with Gasteiger partial charge < -0.3 is 19.8 Å². The third-order valence-corrected chi connectivity index (χ3v) is 8.91. The van der Waals surface area contributed by atoms with Gasteiger partial charge in [-0.05, 0) is 51.4 Å². The number of unbranched alkanes of at least 4 members (excludes halogenated alkanes) is 20. The summed E-state index contributed by atoms with van der Waals surface area (Å²) in [6.45, 7) is 4.51. The van der Waals surface area contributed by atoms with Gasteiger partial charge in [-0.3, -0.25) is 0 Å². The van der Waals surface area contributed by atoms with E-state index in [1.807, 2.05) is 0 Å². The molecule has 0 aromatic rings. The van der Waals surface area contributed by atoms with Crippen LogP contribution >= 0.6 is 23.2 Å². The monoisotopic (exact) mass is 772 g/mol. The summed E-state index contributed by atoms with van der Waals surface area (Å²) in [5.74, 6) is -1.90. The minimum absolute atomic E-state index is 0. The number of carboxylic acids is 2. The van der Waals surface area contributed by atoms with Gasteiger partial charge >= 0.3 is 48.9 Å². The Morgan fingerprint density at radius 1 is 0.419 bits per heavy atom. The first-order chi connectivity index (χ1) is 20.3. The number of carbonyl (C=O) groups is 2. The van der Waals surface area contributed by atoms with Gasteiger partial charge in [0.2, 0.25) is 0 Å². The van der Waals surface area contributed by atoms with Crippen LogP contribution in [0.5, 0.6) is 0 Å². The molecule has 0 heterocycles. The second-order valence-electron chi connectivity index (χ2n) is 12.4.